The second-order valence-electron chi connectivity index (χ2n) is 8.39. The number of ether oxygens (including phenoxy) is 2. The first-order chi connectivity index (χ1) is 17.2. The molecule has 0 bridgehead atoms. The van der Waals surface area contributed by atoms with E-state index in [1.54, 1.807) is 42.5 Å². The molecule has 0 amide bonds. The molecule has 0 spiro atoms. The molecule has 4 rings (SSSR count). The topological polar surface area (TPSA) is 92.4 Å². The highest BCUT2D eigenvalue weighted by Gasteiger charge is 2.27. The van der Waals surface area contributed by atoms with Crippen LogP contribution in [0.4, 0.5) is 4.39 Å². The third-order valence-corrected chi connectivity index (χ3v) is 6.87. The molecule has 0 aliphatic rings. The lowest BCUT2D eigenvalue weighted by atomic mass is 10.1. The van der Waals surface area contributed by atoms with Gasteiger partial charge in [0.2, 0.25) is 0 Å². The summed E-state index contributed by atoms with van der Waals surface area (Å²) < 4.78 is 53.4. The van der Waals surface area contributed by atoms with Crippen molar-refractivity contribution in [2.45, 2.75) is 26.4 Å². The van der Waals surface area contributed by atoms with Crippen LogP contribution in [-0.2, 0) is 16.4 Å². The number of halogens is 1. The Hall–Kier alpha value is -3.66. The minimum atomic E-state index is -3.52. The van der Waals surface area contributed by atoms with Gasteiger partial charge in [-0.2, -0.15) is 0 Å². The summed E-state index contributed by atoms with van der Waals surface area (Å²) >= 11 is 0. The van der Waals surface area contributed by atoms with Crippen LogP contribution in [0.2, 0.25) is 0 Å². The summed E-state index contributed by atoms with van der Waals surface area (Å²) in [5, 5.41) is 0. The summed E-state index contributed by atoms with van der Waals surface area (Å²) in [7, 11) is -2.00. The number of benzene rings is 2. The number of aryl methyl sites for hydroxylation is 1. The Morgan fingerprint density at radius 3 is 2.47 bits per heavy atom. The van der Waals surface area contributed by atoms with E-state index in [1.807, 2.05) is 13.8 Å². The standard InChI is InChI=1S/C26H28FN3O5S/c1-5-29-21-13-18(19-9-7-8-10-20(19)27)15-28-25(21)30(26(29)31)22(16-36(4,32)33)17-11-12-23(34-3)24(14-17)35-6-2/h7-15,22H,5-6,16H2,1-4H3/t22-/m1/s1. The number of pyridine rings is 1. The molecule has 0 aliphatic carbocycles. The van der Waals surface area contributed by atoms with Crippen molar-refractivity contribution < 1.29 is 22.3 Å². The third kappa shape index (κ3) is 4.86. The summed E-state index contributed by atoms with van der Waals surface area (Å²) in [5.41, 5.74) is 1.82. The minimum Gasteiger partial charge on any atom is -0.493 e. The van der Waals surface area contributed by atoms with Gasteiger partial charge in [-0.05, 0) is 43.7 Å². The Bertz CT molecular complexity index is 1580. The normalized spacial score (nSPS) is 12.6. The summed E-state index contributed by atoms with van der Waals surface area (Å²) in [6, 6.07) is 12.2. The van der Waals surface area contributed by atoms with E-state index in [9.17, 15) is 17.6 Å². The lowest BCUT2D eigenvalue weighted by Gasteiger charge is -2.20. The van der Waals surface area contributed by atoms with Crippen LogP contribution in [0, 0.1) is 5.82 Å². The molecule has 0 saturated carbocycles. The molecule has 8 nitrogen and oxygen atoms in total. The van der Waals surface area contributed by atoms with Gasteiger partial charge in [0.15, 0.2) is 17.1 Å². The zero-order chi connectivity index (χ0) is 26.0. The molecule has 2 aromatic carbocycles. The zero-order valence-corrected chi connectivity index (χ0v) is 21.4. The SMILES string of the molecule is CCOc1cc([C@@H](CS(C)(=O)=O)n2c(=O)n(CC)c3cc(-c4ccccc4F)cnc32)ccc1OC. The summed E-state index contributed by atoms with van der Waals surface area (Å²) in [6.45, 7) is 4.35. The van der Waals surface area contributed by atoms with Crippen LogP contribution >= 0.6 is 0 Å². The average Bonchev–Trinajstić information content (AvgIpc) is 3.12. The molecule has 0 unspecified atom stereocenters. The number of sulfone groups is 1. The fraction of sp³-hybridized carbons (Fsp3) is 0.308. The van der Waals surface area contributed by atoms with Crippen molar-refractivity contribution >= 4 is 21.0 Å². The number of nitrogens with zero attached hydrogens (tertiary/aromatic N) is 3. The Morgan fingerprint density at radius 2 is 1.83 bits per heavy atom. The Labute approximate surface area is 208 Å². The summed E-state index contributed by atoms with van der Waals surface area (Å²) in [4.78, 5) is 18.2. The lowest BCUT2D eigenvalue weighted by molar-refractivity contribution is 0.310. The van der Waals surface area contributed by atoms with Crippen molar-refractivity contribution in [2.75, 3.05) is 25.7 Å². The van der Waals surface area contributed by atoms with E-state index in [0.717, 1.165) is 6.26 Å². The van der Waals surface area contributed by atoms with Crippen molar-refractivity contribution in [3.63, 3.8) is 0 Å². The molecule has 0 N–H and O–H groups in total. The number of aromatic nitrogens is 3. The highest BCUT2D eigenvalue weighted by atomic mass is 32.2. The van der Waals surface area contributed by atoms with Crippen molar-refractivity contribution in [1.82, 2.24) is 14.1 Å². The van der Waals surface area contributed by atoms with Crippen LogP contribution in [0.25, 0.3) is 22.3 Å². The first-order valence-corrected chi connectivity index (χ1v) is 13.6. The number of methoxy groups -OCH3 is 1. The highest BCUT2D eigenvalue weighted by Crippen LogP contribution is 2.33. The van der Waals surface area contributed by atoms with Gasteiger partial charge in [0.25, 0.3) is 0 Å². The first-order valence-electron chi connectivity index (χ1n) is 11.5. The van der Waals surface area contributed by atoms with Crippen LogP contribution in [0.3, 0.4) is 0 Å². The van der Waals surface area contributed by atoms with Crippen molar-refractivity contribution in [3.05, 3.63) is 76.6 Å². The van der Waals surface area contributed by atoms with Gasteiger partial charge in [-0.25, -0.2) is 22.6 Å². The maximum absolute atomic E-state index is 14.4. The van der Waals surface area contributed by atoms with Crippen LogP contribution in [0.1, 0.15) is 25.5 Å². The quantitative estimate of drug-likeness (QED) is 0.335. The molecule has 36 heavy (non-hydrogen) atoms. The third-order valence-electron chi connectivity index (χ3n) is 5.95. The molecule has 0 radical (unpaired) electrons. The Morgan fingerprint density at radius 1 is 1.08 bits per heavy atom. The Kier molecular flexibility index (Phi) is 7.16. The van der Waals surface area contributed by atoms with Gasteiger partial charge in [0.05, 0.1) is 31.0 Å². The first kappa shape index (κ1) is 25.4. The maximum Gasteiger partial charge on any atom is 0.330 e. The number of hydrogen-bond acceptors (Lipinski definition) is 6. The summed E-state index contributed by atoms with van der Waals surface area (Å²) in [5.74, 6) is 0.206. The fourth-order valence-electron chi connectivity index (χ4n) is 4.36. The van der Waals surface area contributed by atoms with E-state index in [4.69, 9.17) is 9.47 Å². The van der Waals surface area contributed by atoms with Gasteiger partial charge < -0.3 is 9.47 Å². The van der Waals surface area contributed by atoms with Crippen molar-refractivity contribution in [2.24, 2.45) is 0 Å². The molecular weight excluding hydrogens is 485 g/mol. The molecule has 4 aromatic rings. The van der Waals surface area contributed by atoms with Crippen LogP contribution in [0.15, 0.2) is 59.5 Å². The Balaban J connectivity index is 1.97. The van der Waals surface area contributed by atoms with Gasteiger partial charge in [0, 0.05) is 30.1 Å². The number of hydrogen-bond donors (Lipinski definition) is 0. The molecule has 1 atom stereocenters. The van der Waals surface area contributed by atoms with Crippen LogP contribution in [0.5, 0.6) is 11.5 Å². The predicted octanol–water partition coefficient (Wildman–Crippen LogP) is 4.07. The largest absolute Gasteiger partial charge is 0.493 e. The van der Waals surface area contributed by atoms with E-state index in [-0.39, 0.29) is 5.75 Å². The molecule has 0 saturated heterocycles. The molecule has 0 fully saturated rings. The predicted molar refractivity (Wildman–Crippen MR) is 137 cm³/mol. The van der Waals surface area contributed by atoms with Gasteiger partial charge >= 0.3 is 5.69 Å². The second-order valence-corrected chi connectivity index (χ2v) is 10.6. The summed E-state index contributed by atoms with van der Waals surface area (Å²) in [6.07, 6.45) is 2.62. The van der Waals surface area contributed by atoms with Crippen LogP contribution in [-0.4, -0.2) is 48.3 Å². The molecule has 190 valence electrons. The zero-order valence-electron chi connectivity index (χ0n) is 20.6. The van der Waals surface area contributed by atoms with E-state index < -0.39 is 27.4 Å². The van der Waals surface area contributed by atoms with Crippen LogP contribution < -0.4 is 15.2 Å². The average molecular weight is 514 g/mol. The van der Waals surface area contributed by atoms with Crippen molar-refractivity contribution in [3.8, 4) is 22.6 Å². The molecule has 2 heterocycles. The number of imidazole rings is 1. The second kappa shape index (κ2) is 10.1. The monoisotopic (exact) mass is 513 g/mol. The van der Waals surface area contributed by atoms with E-state index >= 15 is 0 Å². The molecule has 2 aromatic heterocycles. The lowest BCUT2D eigenvalue weighted by Crippen LogP contribution is -2.31. The smallest absolute Gasteiger partial charge is 0.330 e. The van der Waals surface area contributed by atoms with E-state index in [2.05, 4.69) is 4.98 Å². The van der Waals surface area contributed by atoms with Crippen molar-refractivity contribution in [1.29, 1.82) is 0 Å². The van der Waals surface area contributed by atoms with Gasteiger partial charge in [-0.3, -0.25) is 9.13 Å². The minimum absolute atomic E-state index is 0.310. The highest BCUT2D eigenvalue weighted by molar-refractivity contribution is 7.90. The van der Waals surface area contributed by atoms with Gasteiger partial charge in [-0.15, -0.1) is 0 Å². The molecule has 0 aliphatic heterocycles. The fourth-order valence-corrected chi connectivity index (χ4v) is 5.27. The van der Waals surface area contributed by atoms with Gasteiger partial charge in [-0.1, -0.05) is 24.3 Å². The van der Waals surface area contributed by atoms with E-state index in [0.29, 0.717) is 52.5 Å². The maximum atomic E-state index is 14.4. The molecule has 10 heteroatoms. The number of rotatable bonds is 9. The number of fused-ring (bicyclic) bond motifs is 1. The van der Waals surface area contributed by atoms with E-state index in [1.165, 1.54) is 28.5 Å². The molecular formula is C26H28FN3O5S. The van der Waals surface area contributed by atoms with Gasteiger partial charge in [0.1, 0.15) is 15.7 Å².